The minimum absolute atomic E-state index is 0.0469. The van der Waals surface area contributed by atoms with Crippen LogP contribution in [0.15, 0.2) is 0 Å². The molecule has 1 aliphatic heterocycles. The van der Waals surface area contributed by atoms with Gasteiger partial charge in [-0.1, -0.05) is 0 Å². The molecule has 3 aliphatic rings. The van der Waals surface area contributed by atoms with Crippen molar-refractivity contribution < 1.29 is 18.7 Å². The fourth-order valence-corrected chi connectivity index (χ4v) is 4.24. The monoisotopic (exact) mass is 260 g/mol. The van der Waals surface area contributed by atoms with Gasteiger partial charge in [-0.25, -0.2) is 13.6 Å². The lowest BCUT2D eigenvalue weighted by molar-refractivity contribution is -0.0698. The molecule has 1 heterocycles. The standard InChI is InChI=1S/C12H18F2N2O2/c13-12(14)2-1-8-7(4-12)3-11(9(8)5-17)6-15-10(18)16-11/h7-9,17H,1-6H2,(H2,15,16,18)/t7-,8-,9+,11?/m1/s1. The molecule has 0 bridgehead atoms. The molecule has 3 N–H and O–H groups in total. The van der Waals surface area contributed by atoms with Crippen LogP contribution in [0.4, 0.5) is 13.6 Å². The maximum Gasteiger partial charge on any atom is 0.315 e. The minimum atomic E-state index is -2.58. The molecule has 1 spiro atoms. The Bertz CT molecular complexity index is 377. The topological polar surface area (TPSA) is 61.4 Å². The summed E-state index contributed by atoms with van der Waals surface area (Å²) in [5.74, 6) is -2.67. The summed E-state index contributed by atoms with van der Waals surface area (Å²) in [7, 11) is 0. The molecule has 2 amide bonds. The summed E-state index contributed by atoms with van der Waals surface area (Å²) in [5, 5.41) is 15.1. The number of halogens is 2. The number of carbonyl (C=O) groups excluding carboxylic acids is 1. The lowest BCUT2D eigenvalue weighted by Gasteiger charge is -2.34. The highest BCUT2D eigenvalue weighted by atomic mass is 19.3. The highest BCUT2D eigenvalue weighted by molar-refractivity contribution is 5.77. The molecular formula is C12H18F2N2O2. The van der Waals surface area contributed by atoms with E-state index < -0.39 is 11.5 Å². The number of nitrogens with one attached hydrogen (secondary N) is 2. The molecule has 4 nitrogen and oxygen atoms in total. The molecule has 1 saturated heterocycles. The summed E-state index contributed by atoms with van der Waals surface area (Å²) in [6.45, 7) is 0.393. The van der Waals surface area contributed by atoms with E-state index in [4.69, 9.17) is 0 Å². The van der Waals surface area contributed by atoms with Crippen molar-refractivity contribution >= 4 is 6.03 Å². The first-order valence-corrected chi connectivity index (χ1v) is 6.50. The number of carbonyl (C=O) groups is 1. The zero-order valence-electron chi connectivity index (χ0n) is 10.1. The van der Waals surface area contributed by atoms with Crippen molar-refractivity contribution in [3.8, 4) is 0 Å². The molecular weight excluding hydrogens is 242 g/mol. The first-order chi connectivity index (χ1) is 8.46. The first-order valence-electron chi connectivity index (χ1n) is 6.50. The van der Waals surface area contributed by atoms with E-state index in [1.807, 2.05) is 0 Å². The fraction of sp³-hybridized carbons (Fsp3) is 0.917. The highest BCUT2D eigenvalue weighted by Crippen LogP contribution is 2.54. The summed E-state index contributed by atoms with van der Waals surface area (Å²) in [6.07, 6.45) is 0.797. The summed E-state index contributed by atoms with van der Waals surface area (Å²) >= 11 is 0. The van der Waals surface area contributed by atoms with Crippen molar-refractivity contribution in [1.82, 2.24) is 10.6 Å². The number of hydrogen-bond acceptors (Lipinski definition) is 2. The van der Waals surface area contributed by atoms with Gasteiger partial charge in [-0.15, -0.1) is 0 Å². The molecule has 0 aromatic rings. The van der Waals surface area contributed by atoms with Crippen molar-refractivity contribution in [1.29, 1.82) is 0 Å². The number of aliphatic hydroxyl groups excluding tert-OH is 1. The Morgan fingerprint density at radius 1 is 1.39 bits per heavy atom. The Balaban J connectivity index is 1.85. The largest absolute Gasteiger partial charge is 0.396 e. The summed E-state index contributed by atoms with van der Waals surface area (Å²) in [6, 6.07) is -0.251. The maximum atomic E-state index is 13.5. The molecule has 0 aromatic heterocycles. The van der Waals surface area contributed by atoms with Gasteiger partial charge in [-0.2, -0.15) is 0 Å². The van der Waals surface area contributed by atoms with E-state index in [0.29, 0.717) is 19.4 Å². The van der Waals surface area contributed by atoms with E-state index in [-0.39, 0.29) is 43.2 Å². The molecule has 3 fully saturated rings. The average molecular weight is 260 g/mol. The molecule has 4 atom stereocenters. The van der Waals surface area contributed by atoms with Gasteiger partial charge in [-0.3, -0.25) is 0 Å². The second kappa shape index (κ2) is 3.79. The molecule has 0 aromatic carbocycles. The SMILES string of the molecule is O=C1NCC2(C[C@@H]3CC(F)(F)CC[C@H]3[C@@H]2CO)N1. The minimum Gasteiger partial charge on any atom is -0.396 e. The van der Waals surface area contributed by atoms with Crippen LogP contribution in [0.3, 0.4) is 0 Å². The molecule has 18 heavy (non-hydrogen) atoms. The molecule has 0 radical (unpaired) electrons. The normalized spacial score (nSPS) is 45.7. The Kier molecular flexibility index (Phi) is 2.56. The first kappa shape index (κ1) is 12.1. The van der Waals surface area contributed by atoms with Gasteiger partial charge in [0.1, 0.15) is 0 Å². The van der Waals surface area contributed by atoms with Crippen LogP contribution < -0.4 is 10.6 Å². The number of hydrogen-bond donors (Lipinski definition) is 3. The highest BCUT2D eigenvalue weighted by Gasteiger charge is 2.59. The predicted octanol–water partition coefficient (Wildman–Crippen LogP) is 1.10. The van der Waals surface area contributed by atoms with Crippen LogP contribution in [-0.4, -0.2) is 35.8 Å². The molecule has 6 heteroatoms. The van der Waals surface area contributed by atoms with Crippen LogP contribution in [0, 0.1) is 17.8 Å². The van der Waals surface area contributed by atoms with Gasteiger partial charge in [0.05, 0.1) is 5.54 Å². The van der Waals surface area contributed by atoms with Crippen LogP contribution in [0.1, 0.15) is 25.7 Å². The molecule has 2 aliphatic carbocycles. The van der Waals surface area contributed by atoms with E-state index in [9.17, 15) is 18.7 Å². The van der Waals surface area contributed by atoms with Crippen molar-refractivity contribution in [2.24, 2.45) is 17.8 Å². The van der Waals surface area contributed by atoms with Crippen LogP contribution in [0.2, 0.25) is 0 Å². The summed E-state index contributed by atoms with van der Waals surface area (Å²) in [5.41, 5.74) is -0.512. The Morgan fingerprint density at radius 3 is 2.78 bits per heavy atom. The number of fused-ring (bicyclic) bond motifs is 1. The third-order valence-electron chi connectivity index (χ3n) is 4.99. The van der Waals surface area contributed by atoms with E-state index >= 15 is 0 Å². The van der Waals surface area contributed by atoms with Gasteiger partial charge < -0.3 is 15.7 Å². The Labute approximate surface area is 104 Å². The number of alkyl halides is 2. The Morgan fingerprint density at radius 2 is 2.17 bits per heavy atom. The number of urea groups is 1. The molecule has 102 valence electrons. The van der Waals surface area contributed by atoms with Gasteiger partial charge in [0.25, 0.3) is 0 Å². The second-order valence-electron chi connectivity index (χ2n) is 5.98. The second-order valence-corrected chi connectivity index (χ2v) is 5.98. The molecule has 2 saturated carbocycles. The van der Waals surface area contributed by atoms with E-state index in [1.165, 1.54) is 0 Å². The van der Waals surface area contributed by atoms with E-state index in [1.54, 1.807) is 0 Å². The van der Waals surface area contributed by atoms with Crippen LogP contribution in [-0.2, 0) is 0 Å². The lowest BCUT2D eigenvalue weighted by atomic mass is 9.75. The van der Waals surface area contributed by atoms with Crippen LogP contribution in [0.5, 0.6) is 0 Å². The van der Waals surface area contributed by atoms with Gasteiger partial charge in [0.2, 0.25) is 5.92 Å². The third kappa shape index (κ3) is 1.69. The smallest absolute Gasteiger partial charge is 0.315 e. The zero-order chi connectivity index (χ0) is 13.0. The lowest BCUT2D eigenvalue weighted by Crippen LogP contribution is -2.49. The number of amides is 2. The average Bonchev–Trinajstić information content (AvgIpc) is 2.77. The zero-order valence-corrected chi connectivity index (χ0v) is 10.1. The van der Waals surface area contributed by atoms with Gasteiger partial charge in [0, 0.05) is 31.9 Å². The van der Waals surface area contributed by atoms with Crippen LogP contribution >= 0.6 is 0 Å². The van der Waals surface area contributed by atoms with Crippen LogP contribution in [0.25, 0.3) is 0 Å². The maximum absolute atomic E-state index is 13.5. The number of aliphatic hydroxyl groups is 1. The third-order valence-corrected chi connectivity index (χ3v) is 4.99. The van der Waals surface area contributed by atoms with Gasteiger partial charge in [-0.05, 0) is 24.7 Å². The quantitative estimate of drug-likeness (QED) is 0.661. The van der Waals surface area contributed by atoms with Crippen molar-refractivity contribution in [2.75, 3.05) is 13.2 Å². The summed E-state index contributed by atoms with van der Waals surface area (Å²) in [4.78, 5) is 11.3. The fourth-order valence-electron chi connectivity index (χ4n) is 4.24. The van der Waals surface area contributed by atoms with Gasteiger partial charge in [0.15, 0.2) is 0 Å². The van der Waals surface area contributed by atoms with Crippen molar-refractivity contribution in [3.05, 3.63) is 0 Å². The van der Waals surface area contributed by atoms with Gasteiger partial charge >= 0.3 is 6.03 Å². The van der Waals surface area contributed by atoms with E-state index in [0.717, 1.165) is 0 Å². The molecule has 3 rings (SSSR count). The Hall–Kier alpha value is -0.910. The molecule has 1 unspecified atom stereocenters. The number of rotatable bonds is 1. The van der Waals surface area contributed by atoms with Crippen molar-refractivity contribution in [2.45, 2.75) is 37.1 Å². The van der Waals surface area contributed by atoms with E-state index in [2.05, 4.69) is 10.6 Å². The predicted molar refractivity (Wildman–Crippen MR) is 60.2 cm³/mol. The van der Waals surface area contributed by atoms with Crippen molar-refractivity contribution in [3.63, 3.8) is 0 Å². The summed E-state index contributed by atoms with van der Waals surface area (Å²) < 4.78 is 26.9.